The fourth-order valence-electron chi connectivity index (χ4n) is 2.16. The predicted molar refractivity (Wildman–Crippen MR) is 72.5 cm³/mol. The SMILES string of the molecule is Cc1cccc(C=NOC2CCC(C)(N)CC2)n1. The standard InChI is InChI=1S/C14H21N3O/c1-11-4-3-5-12(17-11)10-16-18-13-6-8-14(2,15)9-7-13/h3-5,10,13H,6-9,15H2,1-2H3. The first kappa shape index (κ1) is 13.0. The first-order chi connectivity index (χ1) is 8.55. The van der Waals surface area contributed by atoms with E-state index in [1.54, 1.807) is 6.21 Å². The van der Waals surface area contributed by atoms with E-state index < -0.39 is 0 Å². The fourth-order valence-corrected chi connectivity index (χ4v) is 2.16. The average molecular weight is 247 g/mol. The van der Waals surface area contributed by atoms with Gasteiger partial charge in [-0.15, -0.1) is 0 Å². The molecule has 1 heterocycles. The van der Waals surface area contributed by atoms with Crippen LogP contribution in [-0.4, -0.2) is 22.8 Å². The second-order valence-electron chi connectivity index (χ2n) is 5.40. The van der Waals surface area contributed by atoms with Crippen LogP contribution in [0.4, 0.5) is 0 Å². The zero-order valence-electron chi connectivity index (χ0n) is 11.1. The fraction of sp³-hybridized carbons (Fsp3) is 0.571. The third-order valence-electron chi connectivity index (χ3n) is 3.38. The van der Waals surface area contributed by atoms with Crippen LogP contribution in [0.25, 0.3) is 0 Å². The lowest BCUT2D eigenvalue weighted by Gasteiger charge is -2.32. The molecule has 0 aromatic carbocycles. The van der Waals surface area contributed by atoms with Gasteiger partial charge >= 0.3 is 0 Å². The van der Waals surface area contributed by atoms with Crippen LogP contribution in [0.5, 0.6) is 0 Å². The topological polar surface area (TPSA) is 60.5 Å². The van der Waals surface area contributed by atoms with E-state index >= 15 is 0 Å². The maximum absolute atomic E-state index is 6.07. The van der Waals surface area contributed by atoms with E-state index in [1.165, 1.54) is 0 Å². The van der Waals surface area contributed by atoms with Crippen LogP contribution in [0.2, 0.25) is 0 Å². The molecular formula is C14H21N3O. The maximum atomic E-state index is 6.07. The van der Waals surface area contributed by atoms with Gasteiger partial charge in [0.15, 0.2) is 0 Å². The van der Waals surface area contributed by atoms with Crippen molar-refractivity contribution in [2.24, 2.45) is 10.9 Å². The minimum atomic E-state index is -0.0261. The van der Waals surface area contributed by atoms with Crippen molar-refractivity contribution in [3.8, 4) is 0 Å². The Labute approximate surface area is 108 Å². The van der Waals surface area contributed by atoms with E-state index in [9.17, 15) is 0 Å². The van der Waals surface area contributed by atoms with Crippen molar-refractivity contribution < 1.29 is 4.84 Å². The molecule has 0 unspecified atom stereocenters. The van der Waals surface area contributed by atoms with Gasteiger partial charge in [-0.2, -0.15) is 0 Å². The van der Waals surface area contributed by atoms with Crippen molar-refractivity contribution in [3.63, 3.8) is 0 Å². The van der Waals surface area contributed by atoms with Crippen molar-refractivity contribution in [1.82, 2.24) is 4.98 Å². The Balaban J connectivity index is 1.82. The summed E-state index contributed by atoms with van der Waals surface area (Å²) < 4.78 is 0. The molecule has 0 spiro atoms. The van der Waals surface area contributed by atoms with Gasteiger partial charge in [0.1, 0.15) is 6.10 Å². The highest BCUT2D eigenvalue weighted by Crippen LogP contribution is 2.27. The molecule has 4 nitrogen and oxygen atoms in total. The second kappa shape index (κ2) is 5.48. The minimum absolute atomic E-state index is 0.0261. The Morgan fingerprint density at radius 2 is 2.17 bits per heavy atom. The van der Waals surface area contributed by atoms with Gasteiger partial charge in [-0.25, -0.2) is 0 Å². The molecule has 1 aromatic rings. The van der Waals surface area contributed by atoms with E-state index in [4.69, 9.17) is 10.6 Å². The summed E-state index contributed by atoms with van der Waals surface area (Å²) in [5.74, 6) is 0. The smallest absolute Gasteiger partial charge is 0.127 e. The Morgan fingerprint density at radius 1 is 1.44 bits per heavy atom. The molecular weight excluding hydrogens is 226 g/mol. The molecule has 1 aromatic heterocycles. The van der Waals surface area contributed by atoms with Crippen LogP contribution in [0, 0.1) is 6.92 Å². The van der Waals surface area contributed by atoms with Crippen LogP contribution in [-0.2, 0) is 4.84 Å². The molecule has 0 aliphatic heterocycles. The number of pyridine rings is 1. The van der Waals surface area contributed by atoms with Gasteiger partial charge in [0.25, 0.3) is 0 Å². The zero-order chi connectivity index (χ0) is 13.0. The zero-order valence-corrected chi connectivity index (χ0v) is 11.1. The second-order valence-corrected chi connectivity index (χ2v) is 5.40. The monoisotopic (exact) mass is 247 g/mol. The third-order valence-corrected chi connectivity index (χ3v) is 3.38. The van der Waals surface area contributed by atoms with Crippen molar-refractivity contribution in [1.29, 1.82) is 0 Å². The van der Waals surface area contributed by atoms with E-state index in [2.05, 4.69) is 17.1 Å². The maximum Gasteiger partial charge on any atom is 0.127 e. The quantitative estimate of drug-likeness (QED) is 0.659. The molecule has 1 aliphatic carbocycles. The summed E-state index contributed by atoms with van der Waals surface area (Å²) >= 11 is 0. The summed E-state index contributed by atoms with van der Waals surface area (Å²) in [4.78, 5) is 9.82. The van der Waals surface area contributed by atoms with Gasteiger partial charge < -0.3 is 10.6 Å². The molecule has 2 rings (SSSR count). The summed E-state index contributed by atoms with van der Waals surface area (Å²) in [6, 6.07) is 5.84. The summed E-state index contributed by atoms with van der Waals surface area (Å²) in [5.41, 5.74) is 7.86. The predicted octanol–water partition coefficient (Wildman–Crippen LogP) is 2.40. The van der Waals surface area contributed by atoms with Crippen molar-refractivity contribution in [2.45, 2.75) is 51.2 Å². The van der Waals surface area contributed by atoms with E-state index in [0.29, 0.717) is 0 Å². The number of aryl methyl sites for hydroxylation is 1. The van der Waals surface area contributed by atoms with Crippen LogP contribution in [0.3, 0.4) is 0 Å². The normalized spacial score (nSPS) is 28.5. The van der Waals surface area contributed by atoms with E-state index in [0.717, 1.165) is 37.1 Å². The van der Waals surface area contributed by atoms with Gasteiger partial charge in [0.2, 0.25) is 0 Å². The molecule has 1 saturated carbocycles. The number of nitrogens with two attached hydrogens (primary N) is 1. The van der Waals surface area contributed by atoms with E-state index in [-0.39, 0.29) is 11.6 Å². The highest BCUT2D eigenvalue weighted by Gasteiger charge is 2.28. The molecule has 0 radical (unpaired) electrons. The van der Waals surface area contributed by atoms with Gasteiger partial charge in [0.05, 0.1) is 11.9 Å². The summed E-state index contributed by atoms with van der Waals surface area (Å²) in [7, 11) is 0. The van der Waals surface area contributed by atoms with Crippen molar-refractivity contribution in [3.05, 3.63) is 29.6 Å². The van der Waals surface area contributed by atoms with Gasteiger partial charge in [-0.3, -0.25) is 4.98 Å². The summed E-state index contributed by atoms with van der Waals surface area (Å²) in [5, 5.41) is 4.03. The highest BCUT2D eigenvalue weighted by molar-refractivity contribution is 5.76. The number of aromatic nitrogens is 1. The average Bonchev–Trinajstić information content (AvgIpc) is 2.31. The van der Waals surface area contributed by atoms with Gasteiger partial charge in [-0.1, -0.05) is 11.2 Å². The number of hydrogen-bond acceptors (Lipinski definition) is 4. The molecule has 4 heteroatoms. The lowest BCUT2D eigenvalue weighted by atomic mass is 9.83. The molecule has 0 saturated heterocycles. The van der Waals surface area contributed by atoms with Crippen LogP contribution >= 0.6 is 0 Å². The summed E-state index contributed by atoms with van der Waals surface area (Å²) in [6.45, 7) is 4.06. The first-order valence-electron chi connectivity index (χ1n) is 6.47. The van der Waals surface area contributed by atoms with Crippen LogP contribution in [0.15, 0.2) is 23.4 Å². The lowest BCUT2D eigenvalue weighted by molar-refractivity contribution is 0.0202. The number of oxime groups is 1. The molecule has 1 fully saturated rings. The number of rotatable bonds is 3. The molecule has 18 heavy (non-hydrogen) atoms. The Kier molecular flexibility index (Phi) is 3.97. The van der Waals surface area contributed by atoms with Crippen molar-refractivity contribution >= 4 is 6.21 Å². The molecule has 0 bridgehead atoms. The largest absolute Gasteiger partial charge is 0.392 e. The van der Waals surface area contributed by atoms with Crippen molar-refractivity contribution in [2.75, 3.05) is 0 Å². The van der Waals surface area contributed by atoms with Crippen LogP contribution in [0.1, 0.15) is 44.0 Å². The Hall–Kier alpha value is -1.42. The molecule has 98 valence electrons. The molecule has 1 aliphatic rings. The molecule has 0 atom stereocenters. The number of hydrogen-bond donors (Lipinski definition) is 1. The Bertz CT molecular complexity index is 419. The lowest BCUT2D eigenvalue weighted by Crippen LogP contribution is -2.41. The Morgan fingerprint density at radius 3 is 2.83 bits per heavy atom. The highest BCUT2D eigenvalue weighted by atomic mass is 16.6. The summed E-state index contributed by atoms with van der Waals surface area (Å²) in [6.07, 6.45) is 5.81. The van der Waals surface area contributed by atoms with Gasteiger partial charge in [0, 0.05) is 11.2 Å². The minimum Gasteiger partial charge on any atom is -0.392 e. The van der Waals surface area contributed by atoms with E-state index in [1.807, 2.05) is 25.1 Å². The third kappa shape index (κ3) is 3.81. The first-order valence-corrected chi connectivity index (χ1v) is 6.47. The molecule has 2 N–H and O–H groups in total. The number of nitrogens with zero attached hydrogens (tertiary/aromatic N) is 2. The van der Waals surface area contributed by atoms with Gasteiger partial charge in [-0.05, 0) is 51.7 Å². The molecule has 0 amide bonds. The van der Waals surface area contributed by atoms with Crippen LogP contribution < -0.4 is 5.73 Å².